The number of amides is 1. The first-order valence-electron chi connectivity index (χ1n) is 6.61. The van der Waals surface area contributed by atoms with Gasteiger partial charge in [0.15, 0.2) is 0 Å². The fourth-order valence-electron chi connectivity index (χ4n) is 4.01. The van der Waals surface area contributed by atoms with Crippen LogP contribution in [0, 0.1) is 17.8 Å². The Morgan fingerprint density at radius 3 is 2.56 bits per heavy atom. The number of carbonyl (C=O) groups excluding carboxylic acids is 1. The van der Waals surface area contributed by atoms with Crippen molar-refractivity contribution in [3.8, 4) is 0 Å². The van der Waals surface area contributed by atoms with Gasteiger partial charge in [0.05, 0.1) is 0 Å². The number of fused-ring (bicyclic) bond motifs is 2. The van der Waals surface area contributed by atoms with E-state index in [0.717, 1.165) is 24.3 Å². The summed E-state index contributed by atoms with van der Waals surface area (Å²) in [5.74, 6) is 2.44. The summed E-state index contributed by atoms with van der Waals surface area (Å²) < 4.78 is 0. The number of nitrogens with zero attached hydrogens (tertiary/aromatic N) is 1. The van der Waals surface area contributed by atoms with E-state index in [9.17, 15) is 4.79 Å². The van der Waals surface area contributed by atoms with Crippen molar-refractivity contribution in [1.82, 2.24) is 4.90 Å². The summed E-state index contributed by atoms with van der Waals surface area (Å²) >= 11 is 1.99. The summed E-state index contributed by atoms with van der Waals surface area (Å²) in [4.78, 5) is 14.5. The molecule has 3 rings (SSSR count). The lowest BCUT2D eigenvalue weighted by Gasteiger charge is -2.30. The fraction of sp³-hybridized carbons (Fsp3) is 0.923. The first-order valence-corrected chi connectivity index (χ1v) is 7.90. The zero-order valence-corrected chi connectivity index (χ0v) is 10.8. The van der Waals surface area contributed by atoms with Gasteiger partial charge in [0.2, 0.25) is 5.91 Å². The fourth-order valence-corrected chi connectivity index (χ4v) is 5.13. The molecule has 0 spiro atoms. The van der Waals surface area contributed by atoms with Crippen molar-refractivity contribution in [2.45, 2.75) is 37.4 Å². The lowest BCUT2D eigenvalue weighted by atomic mass is 9.87. The Hall–Kier alpha value is -0.180. The molecule has 4 atom stereocenters. The molecule has 0 aromatic heterocycles. The number of carbonyl (C=O) groups is 1. The Morgan fingerprint density at radius 2 is 1.94 bits per heavy atom. The maximum Gasteiger partial charge on any atom is 0.226 e. The van der Waals surface area contributed by atoms with Crippen LogP contribution < -0.4 is 0 Å². The van der Waals surface area contributed by atoms with Gasteiger partial charge in [-0.3, -0.25) is 4.79 Å². The minimum atomic E-state index is 0.384. The molecule has 1 aliphatic heterocycles. The van der Waals surface area contributed by atoms with Crippen molar-refractivity contribution < 1.29 is 4.79 Å². The Balaban J connectivity index is 1.69. The standard InChI is InChI=1S/C13H21NOS/c1-16-12-8-9-6-10(12)11(7-9)13(15)14-4-2-3-5-14/h9-12H,2-8H2,1H3/t9-,10+,11-,12+/m0/s1. The summed E-state index contributed by atoms with van der Waals surface area (Å²) in [6.45, 7) is 2.05. The number of likely N-dealkylation sites (tertiary alicyclic amines) is 1. The monoisotopic (exact) mass is 239 g/mol. The minimum absolute atomic E-state index is 0.384. The van der Waals surface area contributed by atoms with Crippen LogP contribution in [0.25, 0.3) is 0 Å². The zero-order valence-electron chi connectivity index (χ0n) is 10.0. The van der Waals surface area contributed by atoms with Crippen LogP contribution in [0.1, 0.15) is 32.1 Å². The van der Waals surface area contributed by atoms with Crippen LogP contribution >= 0.6 is 11.8 Å². The van der Waals surface area contributed by atoms with Gasteiger partial charge >= 0.3 is 0 Å². The molecule has 0 radical (unpaired) electrons. The van der Waals surface area contributed by atoms with E-state index < -0.39 is 0 Å². The molecule has 2 saturated carbocycles. The molecular formula is C13H21NOS. The summed E-state index contributed by atoms with van der Waals surface area (Å²) in [7, 11) is 0. The lowest BCUT2D eigenvalue weighted by molar-refractivity contribution is -0.136. The third-order valence-corrected chi connectivity index (χ3v) is 5.94. The Kier molecular flexibility index (Phi) is 2.90. The van der Waals surface area contributed by atoms with Gasteiger partial charge in [-0.15, -0.1) is 0 Å². The van der Waals surface area contributed by atoms with Gasteiger partial charge in [-0.1, -0.05) is 0 Å². The molecule has 1 amide bonds. The molecular weight excluding hydrogens is 218 g/mol. The molecule has 0 aromatic rings. The Labute approximate surface area is 102 Å². The zero-order chi connectivity index (χ0) is 11.1. The molecule has 3 fully saturated rings. The van der Waals surface area contributed by atoms with Crippen molar-refractivity contribution in [2.75, 3.05) is 19.3 Å². The largest absolute Gasteiger partial charge is 0.342 e. The molecule has 2 aliphatic carbocycles. The quantitative estimate of drug-likeness (QED) is 0.737. The van der Waals surface area contributed by atoms with E-state index >= 15 is 0 Å². The van der Waals surface area contributed by atoms with Crippen LogP contribution in [0.3, 0.4) is 0 Å². The van der Waals surface area contributed by atoms with Crippen LogP contribution in [0.2, 0.25) is 0 Å². The number of hydrogen-bond acceptors (Lipinski definition) is 2. The molecule has 2 bridgehead atoms. The predicted molar refractivity (Wildman–Crippen MR) is 67.4 cm³/mol. The molecule has 16 heavy (non-hydrogen) atoms. The van der Waals surface area contributed by atoms with Crippen LogP contribution in [-0.4, -0.2) is 35.4 Å². The lowest BCUT2D eigenvalue weighted by Crippen LogP contribution is -2.38. The SMILES string of the molecule is CS[C@@H]1C[C@H]2C[C@@H]1[C@@H](C(=O)N1CCCC1)C2. The number of rotatable bonds is 2. The van der Waals surface area contributed by atoms with Gasteiger partial charge in [0.25, 0.3) is 0 Å². The first-order chi connectivity index (χ1) is 7.79. The Bertz CT molecular complexity index is 288. The number of thioether (sulfide) groups is 1. The highest BCUT2D eigenvalue weighted by Gasteiger charge is 2.49. The molecule has 2 nitrogen and oxygen atoms in total. The normalized spacial score (nSPS) is 41.9. The molecule has 1 saturated heterocycles. The third-order valence-electron chi connectivity index (χ3n) is 4.79. The van der Waals surface area contributed by atoms with E-state index in [1.54, 1.807) is 0 Å². The second kappa shape index (κ2) is 4.25. The average Bonchev–Trinajstić information content (AvgIpc) is 3.02. The summed E-state index contributed by atoms with van der Waals surface area (Å²) in [6, 6.07) is 0. The molecule has 90 valence electrons. The van der Waals surface area contributed by atoms with Crippen molar-refractivity contribution in [2.24, 2.45) is 17.8 Å². The highest BCUT2D eigenvalue weighted by molar-refractivity contribution is 7.99. The van der Waals surface area contributed by atoms with Crippen LogP contribution in [-0.2, 0) is 4.79 Å². The minimum Gasteiger partial charge on any atom is -0.342 e. The first kappa shape index (κ1) is 10.9. The van der Waals surface area contributed by atoms with Crippen molar-refractivity contribution in [3.63, 3.8) is 0 Å². The predicted octanol–water partition coefficient (Wildman–Crippen LogP) is 2.39. The second-order valence-corrected chi connectivity index (χ2v) is 6.73. The summed E-state index contributed by atoms with van der Waals surface area (Å²) in [5.41, 5.74) is 0. The van der Waals surface area contributed by atoms with E-state index in [1.165, 1.54) is 32.1 Å². The van der Waals surface area contributed by atoms with E-state index in [-0.39, 0.29) is 0 Å². The van der Waals surface area contributed by atoms with Crippen molar-refractivity contribution >= 4 is 17.7 Å². The van der Waals surface area contributed by atoms with Gasteiger partial charge in [0, 0.05) is 24.3 Å². The topological polar surface area (TPSA) is 20.3 Å². The van der Waals surface area contributed by atoms with Gasteiger partial charge in [-0.2, -0.15) is 11.8 Å². The van der Waals surface area contributed by atoms with Crippen molar-refractivity contribution in [1.29, 1.82) is 0 Å². The molecule has 3 heteroatoms. The molecule has 0 unspecified atom stereocenters. The van der Waals surface area contributed by atoms with Crippen LogP contribution in [0.5, 0.6) is 0 Å². The van der Waals surface area contributed by atoms with E-state index in [2.05, 4.69) is 11.2 Å². The van der Waals surface area contributed by atoms with Gasteiger partial charge in [0.1, 0.15) is 0 Å². The summed E-state index contributed by atoms with van der Waals surface area (Å²) in [6.07, 6.45) is 8.54. The summed E-state index contributed by atoms with van der Waals surface area (Å²) in [5, 5.41) is 0.773. The Morgan fingerprint density at radius 1 is 1.19 bits per heavy atom. The van der Waals surface area contributed by atoms with E-state index in [1.807, 2.05) is 11.8 Å². The maximum absolute atomic E-state index is 12.4. The van der Waals surface area contributed by atoms with Crippen LogP contribution in [0.4, 0.5) is 0 Å². The highest BCUT2D eigenvalue weighted by Crippen LogP contribution is 2.52. The van der Waals surface area contributed by atoms with E-state index in [4.69, 9.17) is 0 Å². The molecule has 0 N–H and O–H groups in total. The molecule has 0 aromatic carbocycles. The third kappa shape index (κ3) is 1.68. The van der Waals surface area contributed by atoms with Gasteiger partial charge in [-0.05, 0) is 50.2 Å². The second-order valence-electron chi connectivity index (χ2n) is 5.65. The van der Waals surface area contributed by atoms with Gasteiger partial charge < -0.3 is 4.90 Å². The average molecular weight is 239 g/mol. The highest BCUT2D eigenvalue weighted by atomic mass is 32.2. The number of hydrogen-bond donors (Lipinski definition) is 0. The van der Waals surface area contributed by atoms with Crippen LogP contribution in [0.15, 0.2) is 0 Å². The maximum atomic E-state index is 12.4. The van der Waals surface area contributed by atoms with Gasteiger partial charge in [-0.25, -0.2) is 0 Å². The smallest absolute Gasteiger partial charge is 0.226 e. The molecule has 3 aliphatic rings. The van der Waals surface area contributed by atoms with E-state index in [0.29, 0.717) is 17.7 Å². The molecule has 1 heterocycles. The van der Waals surface area contributed by atoms with Crippen molar-refractivity contribution in [3.05, 3.63) is 0 Å².